The van der Waals surface area contributed by atoms with E-state index in [0.29, 0.717) is 21.8 Å². The second kappa shape index (κ2) is 6.71. The number of amides is 1. The van der Waals surface area contributed by atoms with Crippen molar-refractivity contribution in [2.75, 3.05) is 5.32 Å². The number of benzene rings is 2. The Morgan fingerprint density at radius 2 is 1.96 bits per heavy atom. The fourth-order valence-corrected chi connectivity index (χ4v) is 3.36. The van der Waals surface area contributed by atoms with E-state index in [9.17, 15) is 9.18 Å². The lowest BCUT2D eigenvalue weighted by Gasteiger charge is -2.11. The van der Waals surface area contributed by atoms with Gasteiger partial charge in [-0.1, -0.05) is 35.9 Å². The van der Waals surface area contributed by atoms with E-state index in [4.69, 9.17) is 11.6 Å². The van der Waals surface area contributed by atoms with Crippen LogP contribution in [0, 0.1) is 19.7 Å². The van der Waals surface area contributed by atoms with Crippen LogP contribution in [0.5, 0.6) is 0 Å². The first-order chi connectivity index (χ1) is 11.5. The first kappa shape index (κ1) is 16.6. The number of hydrogen-bond acceptors (Lipinski definition) is 3. The van der Waals surface area contributed by atoms with E-state index < -0.39 is 5.82 Å². The number of rotatable bonds is 3. The smallest absolute Gasteiger partial charge is 0.267 e. The number of aromatic nitrogens is 1. The van der Waals surface area contributed by atoms with Gasteiger partial charge in [-0.15, -0.1) is 11.3 Å². The van der Waals surface area contributed by atoms with Crippen molar-refractivity contribution in [1.82, 2.24) is 4.98 Å². The van der Waals surface area contributed by atoms with Crippen LogP contribution in [0.15, 0.2) is 42.5 Å². The molecular weight excluding hydrogens is 347 g/mol. The van der Waals surface area contributed by atoms with Crippen LogP contribution in [0.4, 0.5) is 10.1 Å². The van der Waals surface area contributed by atoms with Gasteiger partial charge in [-0.2, -0.15) is 0 Å². The number of thiazole rings is 1. The first-order valence-electron chi connectivity index (χ1n) is 7.25. The highest BCUT2D eigenvalue weighted by Gasteiger charge is 2.16. The van der Waals surface area contributed by atoms with E-state index in [1.807, 2.05) is 25.1 Å². The Morgan fingerprint density at radius 3 is 2.62 bits per heavy atom. The second-order valence-electron chi connectivity index (χ2n) is 5.28. The molecule has 3 aromatic rings. The van der Waals surface area contributed by atoms with Crippen LogP contribution >= 0.6 is 22.9 Å². The Morgan fingerprint density at radius 1 is 1.21 bits per heavy atom. The number of para-hydroxylation sites is 1. The van der Waals surface area contributed by atoms with Crippen molar-refractivity contribution in [2.24, 2.45) is 0 Å². The van der Waals surface area contributed by atoms with Crippen LogP contribution in [-0.2, 0) is 0 Å². The van der Waals surface area contributed by atoms with Gasteiger partial charge in [-0.05, 0) is 37.6 Å². The van der Waals surface area contributed by atoms with Gasteiger partial charge in [0.25, 0.3) is 5.91 Å². The normalized spacial score (nSPS) is 10.7. The minimum Gasteiger partial charge on any atom is -0.321 e. The van der Waals surface area contributed by atoms with Crippen molar-refractivity contribution in [1.29, 1.82) is 0 Å². The van der Waals surface area contributed by atoms with E-state index >= 15 is 0 Å². The number of halogens is 2. The zero-order chi connectivity index (χ0) is 17.3. The maximum Gasteiger partial charge on any atom is 0.267 e. The molecule has 0 fully saturated rings. The van der Waals surface area contributed by atoms with Crippen molar-refractivity contribution in [2.45, 2.75) is 13.8 Å². The SMILES string of the molecule is Cc1nc(C)c(C(=O)Nc2ccccc2-c2ccc(Cl)c(F)c2)s1. The molecule has 0 aliphatic carbocycles. The summed E-state index contributed by atoms with van der Waals surface area (Å²) in [6.45, 7) is 3.66. The lowest BCUT2D eigenvalue weighted by molar-refractivity contribution is 0.103. The van der Waals surface area contributed by atoms with E-state index in [-0.39, 0.29) is 10.9 Å². The van der Waals surface area contributed by atoms with Crippen molar-refractivity contribution >= 4 is 34.5 Å². The molecule has 1 amide bonds. The van der Waals surface area contributed by atoms with Crippen molar-refractivity contribution in [3.8, 4) is 11.1 Å². The molecule has 122 valence electrons. The van der Waals surface area contributed by atoms with Gasteiger partial charge in [-0.3, -0.25) is 4.79 Å². The predicted octanol–water partition coefficient (Wildman–Crippen LogP) is 5.47. The van der Waals surface area contributed by atoms with E-state index in [0.717, 1.165) is 10.6 Å². The minimum atomic E-state index is -0.496. The van der Waals surface area contributed by atoms with Crippen LogP contribution in [0.2, 0.25) is 5.02 Å². The molecule has 0 aliphatic rings. The van der Waals surface area contributed by atoms with Gasteiger partial charge in [0.05, 0.1) is 15.7 Å². The molecule has 0 radical (unpaired) electrons. The molecule has 6 heteroatoms. The molecule has 0 saturated carbocycles. The topological polar surface area (TPSA) is 42.0 Å². The van der Waals surface area contributed by atoms with E-state index in [1.165, 1.54) is 23.5 Å². The zero-order valence-corrected chi connectivity index (χ0v) is 14.6. The first-order valence-corrected chi connectivity index (χ1v) is 8.45. The summed E-state index contributed by atoms with van der Waals surface area (Å²) in [5.41, 5.74) is 2.67. The summed E-state index contributed by atoms with van der Waals surface area (Å²) in [6.07, 6.45) is 0. The van der Waals surface area contributed by atoms with Gasteiger partial charge in [-0.25, -0.2) is 9.37 Å². The molecule has 1 N–H and O–H groups in total. The van der Waals surface area contributed by atoms with Gasteiger partial charge in [0.15, 0.2) is 0 Å². The minimum absolute atomic E-state index is 0.0658. The van der Waals surface area contributed by atoms with Crippen molar-refractivity contribution in [3.63, 3.8) is 0 Å². The molecular formula is C18H14ClFN2OS. The van der Waals surface area contributed by atoms with Crippen molar-refractivity contribution < 1.29 is 9.18 Å². The molecule has 2 aromatic carbocycles. The monoisotopic (exact) mass is 360 g/mol. The van der Waals surface area contributed by atoms with Gasteiger partial charge >= 0.3 is 0 Å². The van der Waals surface area contributed by atoms with Crippen LogP contribution in [0.3, 0.4) is 0 Å². The number of nitrogens with one attached hydrogen (secondary N) is 1. The number of carbonyl (C=O) groups is 1. The van der Waals surface area contributed by atoms with Crippen LogP contribution in [0.25, 0.3) is 11.1 Å². The molecule has 1 aromatic heterocycles. The second-order valence-corrected chi connectivity index (χ2v) is 6.89. The van der Waals surface area contributed by atoms with Gasteiger partial charge < -0.3 is 5.32 Å². The molecule has 3 nitrogen and oxygen atoms in total. The fraction of sp³-hybridized carbons (Fsp3) is 0.111. The Balaban J connectivity index is 1.96. The average Bonchev–Trinajstić information content (AvgIpc) is 2.89. The highest BCUT2D eigenvalue weighted by atomic mass is 35.5. The summed E-state index contributed by atoms with van der Waals surface area (Å²) in [5.74, 6) is -0.718. The van der Waals surface area contributed by atoms with E-state index in [1.54, 1.807) is 19.1 Å². The highest BCUT2D eigenvalue weighted by Crippen LogP contribution is 2.31. The predicted molar refractivity (Wildman–Crippen MR) is 96.4 cm³/mol. The molecule has 0 aliphatic heterocycles. The molecule has 24 heavy (non-hydrogen) atoms. The molecule has 0 spiro atoms. The van der Waals surface area contributed by atoms with Crippen molar-refractivity contribution in [3.05, 3.63) is 68.9 Å². The summed E-state index contributed by atoms with van der Waals surface area (Å²) in [4.78, 5) is 17.4. The lowest BCUT2D eigenvalue weighted by Crippen LogP contribution is -2.12. The zero-order valence-electron chi connectivity index (χ0n) is 13.1. The highest BCUT2D eigenvalue weighted by molar-refractivity contribution is 7.13. The quantitative estimate of drug-likeness (QED) is 0.672. The van der Waals surface area contributed by atoms with Gasteiger partial charge in [0, 0.05) is 11.3 Å². The maximum atomic E-state index is 13.8. The largest absolute Gasteiger partial charge is 0.321 e. The molecule has 1 heterocycles. The molecule has 0 bridgehead atoms. The summed E-state index contributed by atoms with van der Waals surface area (Å²) < 4.78 is 13.8. The fourth-order valence-electron chi connectivity index (χ4n) is 2.43. The van der Waals surface area contributed by atoms with Crippen LogP contribution in [-0.4, -0.2) is 10.9 Å². The molecule has 0 atom stereocenters. The number of aryl methyl sites for hydroxylation is 2. The van der Waals surface area contributed by atoms with Gasteiger partial charge in [0.1, 0.15) is 10.7 Å². The Labute approximate surface area is 148 Å². The summed E-state index contributed by atoms with van der Waals surface area (Å²) in [7, 11) is 0. The molecule has 0 unspecified atom stereocenters. The molecule has 3 rings (SSSR count). The summed E-state index contributed by atoms with van der Waals surface area (Å²) in [5, 5.41) is 3.79. The Bertz CT molecular complexity index is 923. The van der Waals surface area contributed by atoms with Crippen LogP contribution in [0.1, 0.15) is 20.4 Å². The number of nitrogens with zero attached hydrogens (tertiary/aromatic N) is 1. The number of hydrogen-bond donors (Lipinski definition) is 1. The third-order valence-electron chi connectivity index (χ3n) is 3.52. The molecule has 0 saturated heterocycles. The third-order valence-corrected chi connectivity index (χ3v) is 4.89. The van der Waals surface area contributed by atoms with E-state index in [2.05, 4.69) is 10.3 Å². The summed E-state index contributed by atoms with van der Waals surface area (Å²) >= 11 is 7.09. The third kappa shape index (κ3) is 3.32. The Kier molecular flexibility index (Phi) is 4.64. The average molecular weight is 361 g/mol. The lowest BCUT2D eigenvalue weighted by atomic mass is 10.0. The number of anilines is 1. The maximum absolute atomic E-state index is 13.8. The van der Waals surface area contributed by atoms with Crippen LogP contribution < -0.4 is 5.32 Å². The van der Waals surface area contributed by atoms with Gasteiger partial charge in [0.2, 0.25) is 0 Å². The number of carbonyl (C=O) groups excluding carboxylic acids is 1. The summed E-state index contributed by atoms with van der Waals surface area (Å²) in [6, 6.07) is 11.8. The standard InChI is InChI=1S/C18H14ClFN2OS/c1-10-17(24-11(2)21-10)18(23)22-16-6-4-3-5-13(16)12-7-8-14(19)15(20)9-12/h3-9H,1-2H3,(H,22,23). The Hall–Kier alpha value is -2.24.